The Hall–Kier alpha value is -1.06. The van der Waals surface area contributed by atoms with Gasteiger partial charge in [-0.1, -0.05) is 17.7 Å². The Bertz CT molecular complexity index is 384. The summed E-state index contributed by atoms with van der Waals surface area (Å²) in [6.45, 7) is 6.23. The second-order valence-corrected chi connectivity index (χ2v) is 5.03. The number of piperidine rings is 1. The Morgan fingerprint density at radius 2 is 2.00 bits per heavy atom. The van der Waals surface area contributed by atoms with Crippen LogP contribution in [0, 0.1) is 13.8 Å². The Kier molecular flexibility index (Phi) is 3.69. The standard InChI is InChI=1S/C14H21NO2/c1-11-3-4-13(12(2)9-11)17-10-14(16)5-7-15-8-6-14/h3-4,9,15-16H,5-8,10H2,1-2H3. The van der Waals surface area contributed by atoms with Crippen LogP contribution in [-0.4, -0.2) is 30.4 Å². The molecule has 0 radical (unpaired) electrons. The fraction of sp³-hybridized carbons (Fsp3) is 0.571. The highest BCUT2D eigenvalue weighted by atomic mass is 16.5. The van der Waals surface area contributed by atoms with Crippen LogP contribution in [0.3, 0.4) is 0 Å². The largest absolute Gasteiger partial charge is 0.490 e. The van der Waals surface area contributed by atoms with Gasteiger partial charge in [-0.15, -0.1) is 0 Å². The van der Waals surface area contributed by atoms with Gasteiger partial charge in [0.2, 0.25) is 0 Å². The number of hydrogen-bond acceptors (Lipinski definition) is 3. The van der Waals surface area contributed by atoms with Gasteiger partial charge in [0.15, 0.2) is 0 Å². The molecule has 1 heterocycles. The number of aryl methyl sites for hydroxylation is 2. The molecule has 2 N–H and O–H groups in total. The maximum atomic E-state index is 10.3. The van der Waals surface area contributed by atoms with E-state index >= 15 is 0 Å². The second kappa shape index (κ2) is 5.07. The Morgan fingerprint density at radius 3 is 2.65 bits per heavy atom. The van der Waals surface area contributed by atoms with Crippen molar-refractivity contribution in [3.63, 3.8) is 0 Å². The molecule has 1 aromatic carbocycles. The molecule has 0 aromatic heterocycles. The molecule has 2 rings (SSSR count). The first-order valence-corrected chi connectivity index (χ1v) is 6.22. The van der Waals surface area contributed by atoms with Crippen molar-refractivity contribution >= 4 is 0 Å². The molecule has 0 spiro atoms. The summed E-state index contributed by atoms with van der Waals surface area (Å²) in [5.74, 6) is 0.877. The number of hydrogen-bond donors (Lipinski definition) is 2. The molecule has 0 bridgehead atoms. The third kappa shape index (κ3) is 3.20. The highest BCUT2D eigenvalue weighted by Gasteiger charge is 2.30. The normalized spacial score (nSPS) is 19.0. The zero-order valence-corrected chi connectivity index (χ0v) is 10.6. The van der Waals surface area contributed by atoms with E-state index in [0.29, 0.717) is 6.61 Å². The fourth-order valence-electron chi connectivity index (χ4n) is 2.21. The first-order valence-electron chi connectivity index (χ1n) is 6.22. The van der Waals surface area contributed by atoms with Gasteiger partial charge >= 0.3 is 0 Å². The molecule has 3 heteroatoms. The minimum absolute atomic E-state index is 0.387. The Labute approximate surface area is 103 Å². The van der Waals surface area contributed by atoms with Gasteiger partial charge in [-0.25, -0.2) is 0 Å². The van der Waals surface area contributed by atoms with Crippen LogP contribution in [0.4, 0.5) is 0 Å². The highest BCUT2D eigenvalue weighted by Crippen LogP contribution is 2.23. The summed E-state index contributed by atoms with van der Waals surface area (Å²) in [7, 11) is 0. The van der Waals surface area contributed by atoms with Crippen molar-refractivity contribution in [2.24, 2.45) is 0 Å². The molecule has 1 aliphatic rings. The molecule has 0 aliphatic carbocycles. The fourth-order valence-corrected chi connectivity index (χ4v) is 2.21. The molecule has 0 atom stereocenters. The zero-order valence-electron chi connectivity index (χ0n) is 10.6. The molecule has 1 aliphatic heterocycles. The number of benzene rings is 1. The van der Waals surface area contributed by atoms with Crippen molar-refractivity contribution in [1.82, 2.24) is 5.32 Å². The van der Waals surface area contributed by atoms with Gasteiger partial charge in [-0.05, 0) is 51.4 Å². The monoisotopic (exact) mass is 235 g/mol. The smallest absolute Gasteiger partial charge is 0.122 e. The first kappa shape index (κ1) is 12.4. The molecule has 0 unspecified atom stereocenters. The summed E-state index contributed by atoms with van der Waals surface area (Å²) >= 11 is 0. The van der Waals surface area contributed by atoms with Crippen LogP contribution in [0.1, 0.15) is 24.0 Å². The third-order valence-corrected chi connectivity index (χ3v) is 3.36. The lowest BCUT2D eigenvalue weighted by Gasteiger charge is -2.32. The van der Waals surface area contributed by atoms with Gasteiger partial charge < -0.3 is 15.2 Å². The van der Waals surface area contributed by atoms with E-state index in [1.807, 2.05) is 19.1 Å². The molecular formula is C14H21NO2. The summed E-state index contributed by atoms with van der Waals surface area (Å²) in [5, 5.41) is 13.6. The summed E-state index contributed by atoms with van der Waals surface area (Å²) in [5.41, 5.74) is 1.70. The number of aliphatic hydroxyl groups is 1. The molecule has 94 valence electrons. The molecule has 3 nitrogen and oxygen atoms in total. The maximum absolute atomic E-state index is 10.3. The van der Waals surface area contributed by atoms with Gasteiger partial charge in [0.25, 0.3) is 0 Å². The van der Waals surface area contributed by atoms with E-state index in [2.05, 4.69) is 18.3 Å². The van der Waals surface area contributed by atoms with Crippen molar-refractivity contribution in [1.29, 1.82) is 0 Å². The quantitative estimate of drug-likeness (QED) is 0.839. The maximum Gasteiger partial charge on any atom is 0.122 e. The van der Waals surface area contributed by atoms with E-state index in [1.54, 1.807) is 0 Å². The summed E-state index contributed by atoms with van der Waals surface area (Å²) in [4.78, 5) is 0. The van der Waals surface area contributed by atoms with Gasteiger partial charge in [-0.3, -0.25) is 0 Å². The molecule has 1 saturated heterocycles. The Morgan fingerprint density at radius 1 is 1.29 bits per heavy atom. The zero-order chi connectivity index (χ0) is 12.3. The highest BCUT2D eigenvalue weighted by molar-refractivity contribution is 5.35. The topological polar surface area (TPSA) is 41.5 Å². The number of rotatable bonds is 3. The molecule has 1 aromatic rings. The second-order valence-electron chi connectivity index (χ2n) is 5.03. The van der Waals surface area contributed by atoms with Gasteiger partial charge in [-0.2, -0.15) is 0 Å². The number of ether oxygens (including phenoxy) is 1. The van der Waals surface area contributed by atoms with Gasteiger partial charge in [0.1, 0.15) is 18.0 Å². The van der Waals surface area contributed by atoms with Crippen LogP contribution >= 0.6 is 0 Å². The molecule has 17 heavy (non-hydrogen) atoms. The molecular weight excluding hydrogens is 214 g/mol. The van der Waals surface area contributed by atoms with E-state index in [-0.39, 0.29) is 0 Å². The van der Waals surface area contributed by atoms with Crippen molar-refractivity contribution < 1.29 is 9.84 Å². The van der Waals surface area contributed by atoms with Crippen molar-refractivity contribution in [3.8, 4) is 5.75 Å². The summed E-state index contributed by atoms with van der Waals surface area (Å²) in [6.07, 6.45) is 1.52. The van der Waals surface area contributed by atoms with Crippen molar-refractivity contribution in [2.45, 2.75) is 32.3 Å². The first-order chi connectivity index (χ1) is 8.09. The number of nitrogens with one attached hydrogen (secondary N) is 1. The van der Waals surface area contributed by atoms with Crippen LogP contribution in [0.5, 0.6) is 5.75 Å². The van der Waals surface area contributed by atoms with Crippen LogP contribution in [-0.2, 0) is 0 Å². The minimum atomic E-state index is -0.664. The summed E-state index contributed by atoms with van der Waals surface area (Å²) < 4.78 is 5.76. The summed E-state index contributed by atoms with van der Waals surface area (Å²) in [6, 6.07) is 6.12. The van der Waals surface area contributed by atoms with E-state index in [9.17, 15) is 5.11 Å². The molecule has 1 fully saturated rings. The van der Waals surface area contributed by atoms with Crippen molar-refractivity contribution in [2.75, 3.05) is 19.7 Å². The Balaban J connectivity index is 1.97. The van der Waals surface area contributed by atoms with E-state index < -0.39 is 5.60 Å². The predicted octanol–water partition coefficient (Wildman–Crippen LogP) is 1.80. The van der Waals surface area contributed by atoms with Crippen molar-refractivity contribution in [3.05, 3.63) is 29.3 Å². The minimum Gasteiger partial charge on any atom is -0.490 e. The molecule has 0 saturated carbocycles. The average molecular weight is 235 g/mol. The van der Waals surface area contributed by atoms with Crippen LogP contribution < -0.4 is 10.1 Å². The van der Waals surface area contributed by atoms with Gasteiger partial charge in [0.05, 0.1) is 0 Å². The van der Waals surface area contributed by atoms with Crippen LogP contribution in [0.15, 0.2) is 18.2 Å². The lowest BCUT2D eigenvalue weighted by Crippen LogP contribution is -2.46. The predicted molar refractivity (Wildman–Crippen MR) is 68.5 cm³/mol. The van der Waals surface area contributed by atoms with E-state index in [4.69, 9.17) is 4.74 Å². The van der Waals surface area contributed by atoms with E-state index in [0.717, 1.165) is 37.2 Å². The SMILES string of the molecule is Cc1ccc(OCC2(O)CCNCC2)c(C)c1. The third-order valence-electron chi connectivity index (χ3n) is 3.36. The van der Waals surface area contributed by atoms with E-state index in [1.165, 1.54) is 5.56 Å². The van der Waals surface area contributed by atoms with Gasteiger partial charge in [0, 0.05) is 0 Å². The van der Waals surface area contributed by atoms with Crippen LogP contribution in [0.2, 0.25) is 0 Å². The molecule has 0 amide bonds. The lowest BCUT2D eigenvalue weighted by molar-refractivity contribution is -0.0287. The average Bonchev–Trinajstić information content (AvgIpc) is 2.29. The van der Waals surface area contributed by atoms with Crippen LogP contribution in [0.25, 0.3) is 0 Å². The lowest BCUT2D eigenvalue weighted by atomic mass is 9.93.